The van der Waals surface area contributed by atoms with E-state index in [9.17, 15) is 9.59 Å². The second kappa shape index (κ2) is 10.0. The molecular formula is C16H12BrClIN3O3S. The van der Waals surface area contributed by atoms with Gasteiger partial charge in [0.15, 0.2) is 11.7 Å². The van der Waals surface area contributed by atoms with Gasteiger partial charge in [-0.1, -0.05) is 23.7 Å². The molecule has 0 aliphatic heterocycles. The number of rotatable bonds is 4. The molecule has 6 nitrogen and oxygen atoms in total. The van der Waals surface area contributed by atoms with Gasteiger partial charge < -0.3 is 4.74 Å². The van der Waals surface area contributed by atoms with Crippen molar-refractivity contribution in [3.63, 3.8) is 0 Å². The number of thiocarbonyl (C=S) groups is 1. The van der Waals surface area contributed by atoms with Crippen LogP contribution in [0.3, 0.4) is 0 Å². The smallest absolute Gasteiger partial charge is 0.276 e. The third kappa shape index (κ3) is 6.38. The molecule has 136 valence electrons. The zero-order valence-corrected chi connectivity index (χ0v) is 18.3. The summed E-state index contributed by atoms with van der Waals surface area (Å²) in [5, 5.41) is 2.99. The number of nitrogens with one attached hydrogen (secondary N) is 3. The standard InChI is InChI=1S/C16H12BrClIN3O3S/c17-11-7-9(18)5-6-13(11)25-8-14(23)21-22-16(26)20-15(24)10-3-1-2-4-12(10)19/h1-7H,8H2,(H,21,23)(H2,20,22,24,26). The van der Waals surface area contributed by atoms with Crippen LogP contribution in [0.25, 0.3) is 0 Å². The SMILES string of the molecule is O=C(COc1ccc(Cl)cc1Br)NNC(=S)NC(=O)c1ccccc1I. The third-order valence-electron chi connectivity index (χ3n) is 2.91. The van der Waals surface area contributed by atoms with Gasteiger partial charge in [0.2, 0.25) is 0 Å². The number of amides is 2. The van der Waals surface area contributed by atoms with Gasteiger partial charge in [-0.3, -0.25) is 25.8 Å². The van der Waals surface area contributed by atoms with Crippen LogP contribution in [0.15, 0.2) is 46.9 Å². The molecule has 0 atom stereocenters. The van der Waals surface area contributed by atoms with Gasteiger partial charge in [-0.15, -0.1) is 0 Å². The fourth-order valence-electron chi connectivity index (χ4n) is 1.75. The molecule has 0 aliphatic rings. The van der Waals surface area contributed by atoms with E-state index in [4.69, 9.17) is 28.6 Å². The number of benzene rings is 2. The van der Waals surface area contributed by atoms with Gasteiger partial charge in [-0.05, 0) is 81.1 Å². The Balaban J connectivity index is 1.77. The Labute approximate surface area is 182 Å². The number of carbonyl (C=O) groups excluding carboxylic acids is 2. The molecule has 0 saturated carbocycles. The molecule has 26 heavy (non-hydrogen) atoms. The van der Waals surface area contributed by atoms with Crippen LogP contribution in [0.1, 0.15) is 10.4 Å². The highest BCUT2D eigenvalue weighted by atomic mass is 127. The van der Waals surface area contributed by atoms with Crippen LogP contribution in [0.5, 0.6) is 5.75 Å². The number of halogens is 3. The minimum Gasteiger partial charge on any atom is -0.483 e. The Kier molecular flexibility index (Phi) is 8.07. The largest absolute Gasteiger partial charge is 0.483 e. The van der Waals surface area contributed by atoms with Crippen LogP contribution < -0.4 is 20.9 Å². The summed E-state index contributed by atoms with van der Waals surface area (Å²) < 4.78 is 6.78. The van der Waals surface area contributed by atoms with Gasteiger partial charge in [0.1, 0.15) is 5.75 Å². The molecule has 0 spiro atoms. The number of hydrogen-bond acceptors (Lipinski definition) is 4. The second-order valence-corrected chi connectivity index (χ2v) is 7.66. The number of carbonyl (C=O) groups is 2. The predicted molar refractivity (Wildman–Crippen MR) is 115 cm³/mol. The lowest BCUT2D eigenvalue weighted by Crippen LogP contribution is -2.49. The lowest BCUT2D eigenvalue weighted by atomic mass is 10.2. The maximum absolute atomic E-state index is 12.1. The van der Waals surface area contributed by atoms with Gasteiger partial charge in [0, 0.05) is 8.59 Å². The summed E-state index contributed by atoms with van der Waals surface area (Å²) in [5.74, 6) is -0.375. The van der Waals surface area contributed by atoms with Crippen molar-refractivity contribution in [3.8, 4) is 5.75 Å². The van der Waals surface area contributed by atoms with E-state index < -0.39 is 5.91 Å². The van der Waals surface area contributed by atoms with Crippen LogP contribution in [0.4, 0.5) is 0 Å². The molecule has 0 aliphatic carbocycles. The van der Waals surface area contributed by atoms with E-state index in [1.165, 1.54) is 0 Å². The number of hydrogen-bond donors (Lipinski definition) is 3. The normalized spacial score (nSPS) is 9.96. The van der Waals surface area contributed by atoms with Gasteiger partial charge in [-0.25, -0.2) is 0 Å². The first-order valence-corrected chi connectivity index (χ1v) is 9.75. The first-order valence-electron chi connectivity index (χ1n) is 7.09. The maximum Gasteiger partial charge on any atom is 0.276 e. The van der Waals surface area contributed by atoms with Gasteiger partial charge in [-0.2, -0.15) is 0 Å². The van der Waals surface area contributed by atoms with Crippen molar-refractivity contribution in [1.82, 2.24) is 16.2 Å². The molecule has 0 heterocycles. The Morgan fingerprint density at radius 2 is 1.92 bits per heavy atom. The molecule has 10 heteroatoms. The van der Waals surface area contributed by atoms with Crippen LogP contribution in [-0.4, -0.2) is 23.5 Å². The summed E-state index contributed by atoms with van der Waals surface area (Å²) >= 11 is 16.2. The minimum absolute atomic E-state index is 0.0318. The molecule has 2 rings (SSSR count). The highest BCUT2D eigenvalue weighted by Gasteiger charge is 2.11. The van der Waals surface area contributed by atoms with E-state index in [0.717, 1.165) is 3.57 Å². The highest BCUT2D eigenvalue weighted by molar-refractivity contribution is 14.1. The zero-order chi connectivity index (χ0) is 19.1. The van der Waals surface area contributed by atoms with E-state index >= 15 is 0 Å². The minimum atomic E-state index is -0.474. The third-order valence-corrected chi connectivity index (χ3v) is 4.91. The lowest BCUT2D eigenvalue weighted by Gasteiger charge is -2.12. The van der Waals surface area contributed by atoms with E-state index in [2.05, 4.69) is 54.7 Å². The van der Waals surface area contributed by atoms with E-state index in [-0.39, 0.29) is 17.6 Å². The summed E-state index contributed by atoms with van der Waals surface area (Å²) in [4.78, 5) is 23.9. The van der Waals surface area contributed by atoms with Crippen molar-refractivity contribution >= 4 is 79.3 Å². The molecule has 0 saturated heterocycles. The monoisotopic (exact) mass is 567 g/mol. The molecule has 0 fully saturated rings. The molecular weight excluding hydrogens is 557 g/mol. The molecule has 0 bridgehead atoms. The molecule has 2 aromatic rings. The Morgan fingerprint density at radius 3 is 2.62 bits per heavy atom. The van der Waals surface area contributed by atoms with Crippen LogP contribution in [0, 0.1) is 3.57 Å². The van der Waals surface area contributed by atoms with E-state index in [1.807, 2.05) is 6.07 Å². The second-order valence-electron chi connectivity index (χ2n) is 4.80. The summed E-state index contributed by atoms with van der Waals surface area (Å²) in [6, 6.07) is 12.0. The van der Waals surface area contributed by atoms with Gasteiger partial charge in [0.05, 0.1) is 10.0 Å². The first-order chi connectivity index (χ1) is 12.4. The average molecular weight is 569 g/mol. The summed E-state index contributed by atoms with van der Waals surface area (Å²) in [7, 11) is 0. The lowest BCUT2D eigenvalue weighted by molar-refractivity contribution is -0.123. The fourth-order valence-corrected chi connectivity index (χ4v) is 3.32. The van der Waals surface area contributed by atoms with Crippen molar-refractivity contribution < 1.29 is 14.3 Å². The van der Waals surface area contributed by atoms with E-state index in [0.29, 0.717) is 20.8 Å². The van der Waals surface area contributed by atoms with E-state index in [1.54, 1.807) is 36.4 Å². The fraction of sp³-hybridized carbons (Fsp3) is 0.0625. The summed E-state index contributed by atoms with van der Waals surface area (Å²) in [6.45, 7) is -0.250. The topological polar surface area (TPSA) is 79.5 Å². The van der Waals surface area contributed by atoms with Crippen LogP contribution in [0.2, 0.25) is 5.02 Å². The van der Waals surface area contributed by atoms with Gasteiger partial charge >= 0.3 is 0 Å². The highest BCUT2D eigenvalue weighted by Crippen LogP contribution is 2.27. The quantitative estimate of drug-likeness (QED) is 0.299. The molecule has 2 amide bonds. The Morgan fingerprint density at radius 1 is 1.19 bits per heavy atom. The molecule has 0 radical (unpaired) electrons. The van der Waals surface area contributed by atoms with Crippen molar-refractivity contribution in [3.05, 3.63) is 61.1 Å². The van der Waals surface area contributed by atoms with Crippen LogP contribution >= 0.6 is 62.3 Å². The van der Waals surface area contributed by atoms with Crippen molar-refractivity contribution in [1.29, 1.82) is 0 Å². The van der Waals surface area contributed by atoms with Gasteiger partial charge in [0.25, 0.3) is 11.8 Å². The molecule has 2 aromatic carbocycles. The predicted octanol–water partition coefficient (Wildman–Crippen LogP) is 3.42. The average Bonchev–Trinajstić information content (AvgIpc) is 2.59. The summed E-state index contributed by atoms with van der Waals surface area (Å²) in [6.07, 6.45) is 0. The molecule has 3 N–H and O–H groups in total. The summed E-state index contributed by atoms with van der Waals surface area (Å²) in [5.41, 5.74) is 5.27. The Bertz CT molecular complexity index is 853. The molecule has 0 unspecified atom stereocenters. The van der Waals surface area contributed by atoms with Crippen molar-refractivity contribution in [2.45, 2.75) is 0 Å². The first kappa shape index (κ1) is 20.9. The van der Waals surface area contributed by atoms with Crippen LogP contribution in [-0.2, 0) is 4.79 Å². The van der Waals surface area contributed by atoms with Crippen molar-refractivity contribution in [2.24, 2.45) is 0 Å². The van der Waals surface area contributed by atoms with Crippen molar-refractivity contribution in [2.75, 3.05) is 6.61 Å². The molecule has 0 aromatic heterocycles. The Hall–Kier alpha value is -1.43. The maximum atomic E-state index is 12.1. The number of ether oxygens (including phenoxy) is 1. The zero-order valence-electron chi connectivity index (χ0n) is 13.0. The number of hydrazine groups is 1.